The molecule has 1 saturated heterocycles. The number of nitrogens with one attached hydrogen (secondary N) is 2. The first-order chi connectivity index (χ1) is 21.0. The van der Waals surface area contributed by atoms with E-state index in [4.69, 9.17) is 20.2 Å². The van der Waals surface area contributed by atoms with Crippen LogP contribution in [0.25, 0.3) is 33.4 Å². The Morgan fingerprint density at radius 2 is 1.88 bits per heavy atom. The lowest BCUT2D eigenvalue weighted by Crippen LogP contribution is -2.25. The van der Waals surface area contributed by atoms with Gasteiger partial charge in [0.1, 0.15) is 23.9 Å². The number of ether oxygens (including phenoxy) is 2. The number of nitrogen functional groups attached to an aromatic ring is 1. The lowest BCUT2D eigenvalue weighted by Gasteiger charge is -2.14. The number of hydrogen-bond acceptors (Lipinski definition) is 8. The topological polar surface area (TPSA) is 131 Å². The molecule has 10 nitrogen and oxygen atoms in total. The number of aromatic nitrogens is 4. The van der Waals surface area contributed by atoms with Gasteiger partial charge >= 0.3 is 0 Å². The van der Waals surface area contributed by atoms with Crippen LogP contribution in [0, 0.1) is 5.82 Å². The van der Waals surface area contributed by atoms with Gasteiger partial charge in [-0.15, -0.1) is 0 Å². The number of fused-ring (bicyclic) bond motifs is 1. The lowest BCUT2D eigenvalue weighted by atomic mass is 10.0. The fourth-order valence-electron chi connectivity index (χ4n) is 5.30. The van der Waals surface area contributed by atoms with Gasteiger partial charge in [-0.25, -0.2) is 4.39 Å². The van der Waals surface area contributed by atoms with Crippen molar-refractivity contribution in [2.24, 2.45) is 0 Å². The van der Waals surface area contributed by atoms with E-state index in [-0.39, 0.29) is 12.1 Å². The Hall–Kier alpha value is -5.03. The van der Waals surface area contributed by atoms with Gasteiger partial charge in [0.2, 0.25) is 0 Å². The van der Waals surface area contributed by atoms with Crippen LogP contribution in [0.3, 0.4) is 0 Å². The maximum atomic E-state index is 13.7. The molecular weight excluding hydrogens is 549 g/mol. The van der Waals surface area contributed by atoms with Crippen molar-refractivity contribution >= 4 is 22.6 Å². The molecule has 0 spiro atoms. The lowest BCUT2D eigenvalue weighted by molar-refractivity contribution is 0.0947. The van der Waals surface area contributed by atoms with E-state index in [9.17, 15) is 9.18 Å². The molecule has 0 radical (unpaired) electrons. The summed E-state index contributed by atoms with van der Waals surface area (Å²) < 4.78 is 24.8. The number of methoxy groups -OCH3 is 1. The van der Waals surface area contributed by atoms with Crippen molar-refractivity contribution in [3.05, 3.63) is 83.9 Å². The third-order valence-electron chi connectivity index (χ3n) is 7.60. The number of aromatic amines is 1. The van der Waals surface area contributed by atoms with Crippen LogP contribution in [0.15, 0.2) is 67.0 Å². The predicted molar refractivity (Wildman–Crippen MR) is 162 cm³/mol. The monoisotopic (exact) mass is 581 g/mol. The van der Waals surface area contributed by atoms with Crippen molar-refractivity contribution in [3.63, 3.8) is 0 Å². The second-order valence-corrected chi connectivity index (χ2v) is 10.4. The highest BCUT2D eigenvalue weighted by Gasteiger charge is 2.18. The minimum Gasteiger partial charge on any atom is -0.496 e. The zero-order chi connectivity index (χ0) is 29.8. The number of hydrogen-bond donors (Lipinski definition) is 3. The van der Waals surface area contributed by atoms with Crippen LogP contribution in [0.4, 0.5) is 10.2 Å². The Bertz CT molecular complexity index is 1730. The zero-order valence-electron chi connectivity index (χ0n) is 23.8. The van der Waals surface area contributed by atoms with Gasteiger partial charge in [0.05, 0.1) is 41.2 Å². The summed E-state index contributed by atoms with van der Waals surface area (Å²) >= 11 is 0. The molecule has 43 heavy (non-hydrogen) atoms. The smallest absolute Gasteiger partial charge is 0.255 e. The Morgan fingerprint density at radius 1 is 1.07 bits per heavy atom. The number of halogens is 1. The molecule has 3 aromatic heterocycles. The molecule has 4 N–H and O–H groups in total. The number of nitrogens with zero attached hydrogens (tertiary/aromatic N) is 4. The van der Waals surface area contributed by atoms with E-state index in [0.717, 1.165) is 59.4 Å². The molecule has 0 unspecified atom stereocenters. The molecule has 0 atom stereocenters. The summed E-state index contributed by atoms with van der Waals surface area (Å²) in [6, 6.07) is 15.2. The van der Waals surface area contributed by atoms with E-state index in [1.165, 1.54) is 32.1 Å². The number of rotatable bonds is 10. The third-order valence-corrected chi connectivity index (χ3v) is 7.60. The number of anilines is 1. The first-order valence-corrected chi connectivity index (χ1v) is 14.2. The van der Waals surface area contributed by atoms with Crippen LogP contribution in [0.1, 0.15) is 28.8 Å². The van der Waals surface area contributed by atoms with Crippen LogP contribution in [-0.2, 0) is 6.54 Å². The molecule has 1 fully saturated rings. The van der Waals surface area contributed by atoms with Crippen molar-refractivity contribution < 1.29 is 18.7 Å². The molecule has 5 aromatic rings. The van der Waals surface area contributed by atoms with Gasteiger partial charge in [-0.3, -0.25) is 24.8 Å². The van der Waals surface area contributed by atoms with Crippen molar-refractivity contribution in [1.29, 1.82) is 0 Å². The molecule has 4 heterocycles. The number of carbonyl (C=O) groups is 1. The van der Waals surface area contributed by atoms with Crippen LogP contribution < -0.4 is 20.5 Å². The van der Waals surface area contributed by atoms with Gasteiger partial charge in [-0.2, -0.15) is 5.10 Å². The number of benzene rings is 2. The van der Waals surface area contributed by atoms with E-state index in [1.54, 1.807) is 12.4 Å². The van der Waals surface area contributed by atoms with Crippen molar-refractivity contribution in [2.45, 2.75) is 19.4 Å². The first-order valence-electron chi connectivity index (χ1n) is 14.2. The van der Waals surface area contributed by atoms with Crippen LogP contribution >= 0.6 is 0 Å². The SMILES string of the molecule is COc1ccc(F)cc1C(=O)NCc1ccc(-c2ncc(-c3ccc(OCCN4CCCC4)cn3)c3[nH]nc(N)c23)cc1. The predicted octanol–water partition coefficient (Wildman–Crippen LogP) is 4.82. The van der Waals surface area contributed by atoms with E-state index in [2.05, 4.69) is 25.4 Å². The molecule has 0 aliphatic carbocycles. The molecule has 1 aliphatic heterocycles. The number of pyridine rings is 2. The largest absolute Gasteiger partial charge is 0.496 e. The number of nitrogens with two attached hydrogens (primary N) is 1. The molecule has 0 saturated carbocycles. The van der Waals surface area contributed by atoms with Gasteiger partial charge in [0, 0.05) is 30.4 Å². The average Bonchev–Trinajstić information content (AvgIpc) is 3.70. The molecule has 0 bridgehead atoms. The summed E-state index contributed by atoms with van der Waals surface area (Å²) in [6.07, 6.45) is 6.00. The molecule has 2 aromatic carbocycles. The van der Waals surface area contributed by atoms with Gasteiger partial charge in [-0.1, -0.05) is 24.3 Å². The number of amides is 1. The Morgan fingerprint density at radius 3 is 2.63 bits per heavy atom. The van der Waals surface area contributed by atoms with Gasteiger partial charge in [0.25, 0.3) is 5.91 Å². The summed E-state index contributed by atoms with van der Waals surface area (Å²) in [5.41, 5.74) is 11.0. The maximum Gasteiger partial charge on any atom is 0.255 e. The number of carbonyl (C=O) groups excluding carboxylic acids is 1. The highest BCUT2D eigenvalue weighted by molar-refractivity contribution is 6.05. The van der Waals surface area contributed by atoms with Gasteiger partial charge in [0.15, 0.2) is 5.82 Å². The number of H-pyrrole nitrogens is 1. The fourth-order valence-corrected chi connectivity index (χ4v) is 5.30. The Labute approximate surface area is 248 Å². The van der Waals surface area contributed by atoms with Gasteiger partial charge < -0.3 is 20.5 Å². The van der Waals surface area contributed by atoms with Crippen LogP contribution in [0.5, 0.6) is 11.5 Å². The molecule has 1 aliphatic rings. The van der Waals surface area contributed by atoms with E-state index < -0.39 is 11.7 Å². The summed E-state index contributed by atoms with van der Waals surface area (Å²) in [6.45, 7) is 4.08. The summed E-state index contributed by atoms with van der Waals surface area (Å²) in [4.78, 5) is 24.4. The molecule has 6 rings (SSSR count). The average molecular weight is 582 g/mol. The normalized spacial score (nSPS) is 13.3. The summed E-state index contributed by atoms with van der Waals surface area (Å²) in [7, 11) is 1.44. The second-order valence-electron chi connectivity index (χ2n) is 10.4. The highest BCUT2D eigenvalue weighted by atomic mass is 19.1. The summed E-state index contributed by atoms with van der Waals surface area (Å²) in [5.74, 6) is 0.420. The van der Waals surface area contributed by atoms with E-state index in [0.29, 0.717) is 29.3 Å². The Balaban J connectivity index is 1.16. The van der Waals surface area contributed by atoms with Crippen molar-refractivity contribution in [3.8, 4) is 34.0 Å². The zero-order valence-corrected chi connectivity index (χ0v) is 23.8. The highest BCUT2D eigenvalue weighted by Crippen LogP contribution is 2.35. The van der Waals surface area contributed by atoms with Crippen LogP contribution in [-0.4, -0.2) is 64.3 Å². The second kappa shape index (κ2) is 12.5. The van der Waals surface area contributed by atoms with E-state index in [1.807, 2.05) is 36.4 Å². The third kappa shape index (κ3) is 6.12. The minimum absolute atomic E-state index is 0.135. The standard InChI is InChI=1S/C32H32FN7O3/c1-42-27-11-8-22(33)16-24(27)32(41)37-17-20-4-6-21(7-5-20)29-28-30(38-39-31(28)34)25(19-36-29)26-10-9-23(18-35-26)43-15-14-40-12-2-3-13-40/h4-11,16,18-19H,2-3,12-15,17H2,1H3,(H,37,41)(H3,34,38,39). The first kappa shape index (κ1) is 28.1. The molecular formula is C32H32FN7O3. The molecule has 1 amide bonds. The molecule has 11 heteroatoms. The number of likely N-dealkylation sites (tertiary alicyclic amines) is 1. The maximum absolute atomic E-state index is 13.7. The molecule has 220 valence electrons. The fraction of sp³-hybridized carbons (Fsp3) is 0.250. The quantitative estimate of drug-likeness (QED) is 0.214. The van der Waals surface area contributed by atoms with Crippen LogP contribution in [0.2, 0.25) is 0 Å². The minimum atomic E-state index is -0.510. The van der Waals surface area contributed by atoms with E-state index >= 15 is 0 Å². The Kier molecular flexibility index (Phi) is 8.14. The van der Waals surface area contributed by atoms with Crippen molar-refractivity contribution in [1.82, 2.24) is 30.4 Å². The van der Waals surface area contributed by atoms with Gasteiger partial charge in [-0.05, 0) is 61.8 Å². The summed E-state index contributed by atoms with van der Waals surface area (Å²) in [5, 5.41) is 10.8. The van der Waals surface area contributed by atoms with Crippen molar-refractivity contribution in [2.75, 3.05) is 39.1 Å².